The average molecular weight is 344 g/mol. The van der Waals surface area contributed by atoms with Gasteiger partial charge in [0.25, 0.3) is 0 Å². The lowest BCUT2D eigenvalue weighted by Gasteiger charge is -2.12. The molecule has 0 aliphatic heterocycles. The number of nitrogens with one attached hydrogen (secondary N) is 1. The molecule has 2 aromatic rings. The van der Waals surface area contributed by atoms with Crippen LogP contribution in [0.25, 0.3) is 0 Å². The number of aliphatic hydroxyl groups excluding tert-OH is 1. The second-order valence-corrected chi connectivity index (χ2v) is 5.47. The molecule has 6 heteroatoms. The third kappa shape index (κ3) is 5.05. The van der Waals surface area contributed by atoms with Crippen LogP contribution in [0.3, 0.4) is 0 Å². The first-order valence-corrected chi connectivity index (χ1v) is 7.64. The standard InChI is InChI=1S/C16H16Cl2FNO2/c17-8-14(21)9-20-13-4-5-16(15(18)7-13)22-10-11-2-1-3-12(19)6-11/h1-7,14,20-21H,8-10H2. The molecule has 2 rings (SSSR count). The summed E-state index contributed by atoms with van der Waals surface area (Å²) in [6.07, 6.45) is -0.621. The van der Waals surface area contributed by atoms with E-state index in [9.17, 15) is 9.50 Å². The predicted octanol–water partition coefficient (Wildman–Crippen LogP) is 4.07. The summed E-state index contributed by atoms with van der Waals surface area (Å²) in [5.41, 5.74) is 1.48. The van der Waals surface area contributed by atoms with Gasteiger partial charge in [-0.1, -0.05) is 23.7 Å². The molecule has 22 heavy (non-hydrogen) atoms. The Hall–Kier alpha value is -1.49. The molecule has 0 bridgehead atoms. The Bertz CT molecular complexity index is 625. The lowest BCUT2D eigenvalue weighted by atomic mass is 10.2. The highest BCUT2D eigenvalue weighted by Gasteiger charge is 2.06. The van der Waals surface area contributed by atoms with Crippen molar-refractivity contribution in [2.45, 2.75) is 12.7 Å². The van der Waals surface area contributed by atoms with E-state index in [4.69, 9.17) is 27.9 Å². The number of hydrogen-bond donors (Lipinski definition) is 2. The lowest BCUT2D eigenvalue weighted by molar-refractivity contribution is 0.211. The van der Waals surface area contributed by atoms with Crippen LogP contribution in [0.1, 0.15) is 5.56 Å². The molecule has 0 aromatic heterocycles. The Kier molecular flexibility index (Phi) is 6.31. The molecular formula is C16H16Cl2FNO2. The highest BCUT2D eigenvalue weighted by molar-refractivity contribution is 6.32. The summed E-state index contributed by atoms with van der Waals surface area (Å²) in [5.74, 6) is 0.370. The first kappa shape index (κ1) is 16.9. The van der Waals surface area contributed by atoms with Gasteiger partial charge in [-0.2, -0.15) is 0 Å². The van der Waals surface area contributed by atoms with Crippen LogP contribution in [0.2, 0.25) is 5.02 Å². The first-order chi connectivity index (χ1) is 10.6. The van der Waals surface area contributed by atoms with Gasteiger partial charge >= 0.3 is 0 Å². The maximum atomic E-state index is 13.1. The highest BCUT2D eigenvalue weighted by atomic mass is 35.5. The van der Waals surface area contributed by atoms with E-state index in [0.29, 0.717) is 17.3 Å². The van der Waals surface area contributed by atoms with Crippen LogP contribution in [-0.4, -0.2) is 23.6 Å². The topological polar surface area (TPSA) is 41.5 Å². The summed E-state index contributed by atoms with van der Waals surface area (Å²) < 4.78 is 18.7. The van der Waals surface area contributed by atoms with Gasteiger partial charge in [0.1, 0.15) is 18.2 Å². The quantitative estimate of drug-likeness (QED) is 0.744. The molecule has 0 aliphatic rings. The van der Waals surface area contributed by atoms with Gasteiger partial charge in [-0.05, 0) is 35.9 Å². The summed E-state index contributed by atoms with van der Waals surface area (Å²) in [4.78, 5) is 0. The summed E-state index contributed by atoms with van der Waals surface area (Å²) in [5, 5.41) is 12.8. The Morgan fingerprint density at radius 3 is 2.73 bits per heavy atom. The van der Waals surface area contributed by atoms with Crippen molar-refractivity contribution >= 4 is 28.9 Å². The summed E-state index contributed by atoms with van der Waals surface area (Å²) in [7, 11) is 0. The fourth-order valence-corrected chi connectivity index (χ4v) is 2.15. The monoisotopic (exact) mass is 343 g/mol. The van der Waals surface area contributed by atoms with Gasteiger partial charge in [0.15, 0.2) is 0 Å². The van der Waals surface area contributed by atoms with Gasteiger partial charge < -0.3 is 15.2 Å². The van der Waals surface area contributed by atoms with E-state index in [2.05, 4.69) is 5.32 Å². The van der Waals surface area contributed by atoms with E-state index in [1.54, 1.807) is 30.3 Å². The zero-order valence-electron chi connectivity index (χ0n) is 11.7. The Labute approximate surface area is 138 Å². The molecule has 2 N–H and O–H groups in total. The van der Waals surface area contributed by atoms with Gasteiger partial charge in [0.2, 0.25) is 0 Å². The number of hydrogen-bond acceptors (Lipinski definition) is 3. The molecule has 0 spiro atoms. The van der Waals surface area contributed by atoms with Crippen molar-refractivity contribution in [2.75, 3.05) is 17.7 Å². The fraction of sp³-hybridized carbons (Fsp3) is 0.250. The minimum atomic E-state index is -0.621. The van der Waals surface area contributed by atoms with Gasteiger partial charge in [0, 0.05) is 12.2 Å². The second kappa shape index (κ2) is 8.22. The van der Waals surface area contributed by atoms with Crippen LogP contribution in [0, 0.1) is 5.82 Å². The highest BCUT2D eigenvalue weighted by Crippen LogP contribution is 2.28. The molecule has 0 fully saturated rings. The number of halogens is 3. The number of ether oxygens (including phenoxy) is 1. The molecule has 1 atom stereocenters. The molecule has 0 saturated carbocycles. The SMILES string of the molecule is OC(CCl)CNc1ccc(OCc2cccc(F)c2)c(Cl)c1. The third-order valence-electron chi connectivity index (χ3n) is 2.94. The molecule has 0 radical (unpaired) electrons. The van der Waals surface area contributed by atoms with Gasteiger partial charge in [0.05, 0.1) is 17.0 Å². The van der Waals surface area contributed by atoms with E-state index >= 15 is 0 Å². The number of benzene rings is 2. The molecule has 118 valence electrons. The molecule has 0 saturated heterocycles. The lowest BCUT2D eigenvalue weighted by Crippen LogP contribution is -2.20. The summed E-state index contributed by atoms with van der Waals surface area (Å²) in [6, 6.07) is 11.4. The van der Waals surface area contributed by atoms with Crippen LogP contribution in [-0.2, 0) is 6.61 Å². The number of anilines is 1. The number of alkyl halides is 1. The van der Waals surface area contributed by atoms with Crippen LogP contribution in [0.4, 0.5) is 10.1 Å². The minimum absolute atomic E-state index is 0.162. The van der Waals surface area contributed by atoms with E-state index in [-0.39, 0.29) is 18.3 Å². The van der Waals surface area contributed by atoms with Crippen molar-refractivity contribution in [3.05, 3.63) is 58.9 Å². The number of rotatable bonds is 7. The second-order valence-electron chi connectivity index (χ2n) is 4.75. The largest absolute Gasteiger partial charge is 0.487 e. The van der Waals surface area contributed by atoms with E-state index < -0.39 is 6.10 Å². The molecule has 0 heterocycles. The Balaban J connectivity index is 1.95. The fourth-order valence-electron chi connectivity index (χ4n) is 1.81. The Morgan fingerprint density at radius 2 is 2.05 bits per heavy atom. The minimum Gasteiger partial charge on any atom is -0.487 e. The average Bonchev–Trinajstić information content (AvgIpc) is 2.51. The van der Waals surface area contributed by atoms with E-state index in [1.165, 1.54) is 12.1 Å². The molecule has 0 aliphatic carbocycles. The zero-order valence-corrected chi connectivity index (χ0v) is 13.2. The van der Waals surface area contributed by atoms with Crippen molar-refractivity contribution in [3.8, 4) is 5.75 Å². The third-order valence-corrected chi connectivity index (χ3v) is 3.59. The molecule has 3 nitrogen and oxygen atoms in total. The van der Waals surface area contributed by atoms with Crippen molar-refractivity contribution in [1.82, 2.24) is 0 Å². The van der Waals surface area contributed by atoms with Crippen molar-refractivity contribution in [2.24, 2.45) is 0 Å². The van der Waals surface area contributed by atoms with Gasteiger partial charge in [-0.3, -0.25) is 0 Å². The van der Waals surface area contributed by atoms with Gasteiger partial charge in [-0.15, -0.1) is 11.6 Å². The molecule has 2 aromatic carbocycles. The molecular weight excluding hydrogens is 328 g/mol. The van der Waals surface area contributed by atoms with E-state index in [0.717, 1.165) is 11.3 Å². The van der Waals surface area contributed by atoms with E-state index in [1.807, 2.05) is 0 Å². The van der Waals surface area contributed by atoms with Crippen molar-refractivity contribution < 1.29 is 14.2 Å². The van der Waals surface area contributed by atoms with Crippen molar-refractivity contribution in [1.29, 1.82) is 0 Å². The predicted molar refractivity (Wildman–Crippen MR) is 87.4 cm³/mol. The van der Waals surface area contributed by atoms with Crippen LogP contribution >= 0.6 is 23.2 Å². The number of aliphatic hydroxyl groups is 1. The maximum absolute atomic E-state index is 13.1. The summed E-state index contributed by atoms with van der Waals surface area (Å²) >= 11 is 11.7. The van der Waals surface area contributed by atoms with Crippen LogP contribution < -0.4 is 10.1 Å². The molecule has 0 amide bonds. The normalized spacial score (nSPS) is 12.0. The maximum Gasteiger partial charge on any atom is 0.138 e. The smallest absolute Gasteiger partial charge is 0.138 e. The van der Waals surface area contributed by atoms with Crippen molar-refractivity contribution in [3.63, 3.8) is 0 Å². The van der Waals surface area contributed by atoms with Crippen LogP contribution in [0.15, 0.2) is 42.5 Å². The first-order valence-electron chi connectivity index (χ1n) is 6.73. The zero-order chi connectivity index (χ0) is 15.9. The van der Waals surface area contributed by atoms with Gasteiger partial charge in [-0.25, -0.2) is 4.39 Å². The van der Waals surface area contributed by atoms with Crippen LogP contribution in [0.5, 0.6) is 5.75 Å². The summed E-state index contributed by atoms with van der Waals surface area (Å²) in [6.45, 7) is 0.568. The molecule has 1 unspecified atom stereocenters. The Morgan fingerprint density at radius 1 is 1.23 bits per heavy atom.